The normalized spacial score (nSPS) is 10.3. The molecule has 20 heavy (non-hydrogen) atoms. The number of anilines is 1. The summed E-state index contributed by atoms with van der Waals surface area (Å²) in [5.41, 5.74) is 2.76. The summed E-state index contributed by atoms with van der Waals surface area (Å²) in [7, 11) is 0. The quantitative estimate of drug-likeness (QED) is 0.625. The molecule has 0 aromatic heterocycles. The van der Waals surface area contributed by atoms with Gasteiger partial charge < -0.3 is 5.32 Å². The molecule has 0 atom stereocenters. The van der Waals surface area contributed by atoms with Gasteiger partial charge >= 0.3 is 0 Å². The molecule has 0 fully saturated rings. The van der Waals surface area contributed by atoms with Crippen LogP contribution in [0.15, 0.2) is 40.9 Å². The molecular weight excluding hydrogens is 344 g/mol. The Kier molecular flexibility index (Phi) is 4.62. The number of nitrogens with zero attached hydrogens (tertiary/aromatic N) is 1. The van der Waals surface area contributed by atoms with Gasteiger partial charge in [0, 0.05) is 33.9 Å². The second-order valence-electron chi connectivity index (χ2n) is 4.35. The molecule has 2 rings (SSSR count). The molecular formula is C14H12BrClN2O2. The third kappa shape index (κ3) is 3.49. The van der Waals surface area contributed by atoms with E-state index in [2.05, 4.69) is 21.2 Å². The minimum Gasteiger partial charge on any atom is -0.381 e. The largest absolute Gasteiger partial charge is 0.381 e. The molecule has 0 aliphatic carbocycles. The van der Waals surface area contributed by atoms with Crippen LogP contribution in [0, 0.1) is 17.0 Å². The van der Waals surface area contributed by atoms with Crippen LogP contribution in [-0.2, 0) is 6.54 Å². The Morgan fingerprint density at radius 1 is 1.30 bits per heavy atom. The minimum atomic E-state index is -0.403. The van der Waals surface area contributed by atoms with Crippen molar-refractivity contribution in [3.8, 4) is 0 Å². The fourth-order valence-electron chi connectivity index (χ4n) is 1.78. The van der Waals surface area contributed by atoms with E-state index in [1.165, 1.54) is 12.1 Å². The molecule has 0 saturated heterocycles. The van der Waals surface area contributed by atoms with Crippen LogP contribution in [-0.4, -0.2) is 4.92 Å². The van der Waals surface area contributed by atoms with Crippen molar-refractivity contribution < 1.29 is 4.92 Å². The Balaban J connectivity index is 2.20. The third-order valence-corrected chi connectivity index (χ3v) is 3.92. The van der Waals surface area contributed by atoms with Crippen LogP contribution in [0.25, 0.3) is 0 Å². The predicted molar refractivity (Wildman–Crippen MR) is 84.3 cm³/mol. The van der Waals surface area contributed by atoms with E-state index in [0.29, 0.717) is 11.6 Å². The van der Waals surface area contributed by atoms with E-state index in [0.717, 1.165) is 21.3 Å². The van der Waals surface area contributed by atoms with Crippen LogP contribution >= 0.6 is 27.5 Å². The van der Waals surface area contributed by atoms with Crippen LogP contribution in [0.5, 0.6) is 0 Å². The van der Waals surface area contributed by atoms with E-state index in [9.17, 15) is 10.1 Å². The standard InChI is InChI=1S/C14H12BrClN2O2/c1-9-2-4-12(18(19)20)7-14(9)17-8-10-6-11(16)3-5-13(10)15/h2-7,17H,8H2,1H3. The first-order chi connectivity index (χ1) is 9.47. The molecule has 0 unspecified atom stereocenters. The number of hydrogen-bond acceptors (Lipinski definition) is 3. The van der Waals surface area contributed by atoms with E-state index in [-0.39, 0.29) is 5.69 Å². The van der Waals surface area contributed by atoms with Crippen molar-refractivity contribution in [3.63, 3.8) is 0 Å². The van der Waals surface area contributed by atoms with Crippen molar-refractivity contribution in [2.24, 2.45) is 0 Å². The van der Waals surface area contributed by atoms with Crippen molar-refractivity contribution >= 4 is 38.9 Å². The van der Waals surface area contributed by atoms with Crippen LogP contribution in [0.4, 0.5) is 11.4 Å². The number of non-ortho nitro benzene ring substituents is 1. The Morgan fingerprint density at radius 3 is 2.75 bits per heavy atom. The average molecular weight is 356 g/mol. The molecule has 0 saturated carbocycles. The molecule has 0 aliphatic rings. The van der Waals surface area contributed by atoms with Gasteiger partial charge in [0.1, 0.15) is 0 Å². The highest BCUT2D eigenvalue weighted by molar-refractivity contribution is 9.10. The number of nitrogens with one attached hydrogen (secondary N) is 1. The molecule has 0 heterocycles. The smallest absolute Gasteiger partial charge is 0.271 e. The minimum absolute atomic E-state index is 0.0725. The van der Waals surface area contributed by atoms with Gasteiger partial charge in [-0.1, -0.05) is 33.6 Å². The van der Waals surface area contributed by atoms with Crippen molar-refractivity contribution in [1.82, 2.24) is 0 Å². The highest BCUT2D eigenvalue weighted by Crippen LogP contribution is 2.25. The van der Waals surface area contributed by atoms with Gasteiger partial charge in [0.05, 0.1) is 4.92 Å². The van der Waals surface area contributed by atoms with Crippen LogP contribution < -0.4 is 5.32 Å². The maximum atomic E-state index is 10.8. The van der Waals surface area contributed by atoms with Gasteiger partial charge in [0.15, 0.2) is 0 Å². The van der Waals surface area contributed by atoms with Gasteiger partial charge in [-0.05, 0) is 36.2 Å². The van der Waals surface area contributed by atoms with E-state index in [4.69, 9.17) is 11.6 Å². The summed E-state index contributed by atoms with van der Waals surface area (Å²) < 4.78 is 0.942. The molecule has 0 aliphatic heterocycles. The SMILES string of the molecule is Cc1ccc([N+](=O)[O-])cc1NCc1cc(Cl)ccc1Br. The number of nitro groups is 1. The summed E-state index contributed by atoms with van der Waals surface area (Å²) in [6, 6.07) is 10.3. The lowest BCUT2D eigenvalue weighted by Crippen LogP contribution is -2.02. The van der Waals surface area contributed by atoms with Crippen molar-refractivity contribution in [3.05, 3.63) is 67.1 Å². The van der Waals surface area contributed by atoms with Crippen molar-refractivity contribution in [2.75, 3.05) is 5.32 Å². The van der Waals surface area contributed by atoms with Crippen LogP contribution in [0.2, 0.25) is 5.02 Å². The number of rotatable bonds is 4. The molecule has 2 aromatic rings. The van der Waals surface area contributed by atoms with E-state index >= 15 is 0 Å². The predicted octanol–water partition coefficient (Wildman–Crippen LogP) is 4.93. The molecule has 0 amide bonds. The number of aryl methyl sites for hydroxylation is 1. The zero-order valence-corrected chi connectivity index (χ0v) is 13.0. The number of halogens is 2. The maximum Gasteiger partial charge on any atom is 0.271 e. The lowest BCUT2D eigenvalue weighted by molar-refractivity contribution is -0.384. The summed E-state index contributed by atoms with van der Waals surface area (Å²) >= 11 is 9.41. The van der Waals surface area contributed by atoms with Crippen molar-refractivity contribution in [1.29, 1.82) is 0 Å². The summed E-state index contributed by atoms with van der Waals surface area (Å²) in [4.78, 5) is 10.4. The number of hydrogen-bond donors (Lipinski definition) is 1. The van der Waals surface area contributed by atoms with Gasteiger partial charge in [-0.2, -0.15) is 0 Å². The molecule has 6 heteroatoms. The van der Waals surface area contributed by atoms with Crippen LogP contribution in [0.3, 0.4) is 0 Å². The summed E-state index contributed by atoms with van der Waals surface area (Å²) in [5.74, 6) is 0. The number of benzene rings is 2. The Labute approximate surface area is 130 Å². The van der Waals surface area contributed by atoms with Gasteiger partial charge in [-0.3, -0.25) is 10.1 Å². The molecule has 0 spiro atoms. The van der Waals surface area contributed by atoms with Crippen molar-refractivity contribution in [2.45, 2.75) is 13.5 Å². The summed E-state index contributed by atoms with van der Waals surface area (Å²) in [6.45, 7) is 2.43. The maximum absolute atomic E-state index is 10.8. The number of nitro benzene ring substituents is 1. The fourth-order valence-corrected chi connectivity index (χ4v) is 2.36. The van der Waals surface area contributed by atoms with Gasteiger partial charge in [0.25, 0.3) is 5.69 Å². The van der Waals surface area contributed by atoms with E-state index < -0.39 is 4.92 Å². The summed E-state index contributed by atoms with van der Waals surface area (Å²) in [5, 5.41) is 14.6. The molecule has 2 aromatic carbocycles. The second kappa shape index (κ2) is 6.24. The first kappa shape index (κ1) is 14.8. The molecule has 4 nitrogen and oxygen atoms in total. The second-order valence-corrected chi connectivity index (χ2v) is 5.64. The van der Waals surface area contributed by atoms with E-state index in [1.54, 1.807) is 12.1 Å². The molecule has 1 N–H and O–H groups in total. The molecule has 0 radical (unpaired) electrons. The zero-order chi connectivity index (χ0) is 14.7. The first-order valence-electron chi connectivity index (χ1n) is 5.90. The summed E-state index contributed by atoms with van der Waals surface area (Å²) in [6.07, 6.45) is 0. The topological polar surface area (TPSA) is 55.2 Å². The van der Waals surface area contributed by atoms with E-state index in [1.807, 2.05) is 19.1 Å². The fraction of sp³-hybridized carbons (Fsp3) is 0.143. The average Bonchev–Trinajstić information content (AvgIpc) is 2.41. The molecule has 0 bridgehead atoms. The lowest BCUT2D eigenvalue weighted by atomic mass is 10.1. The van der Waals surface area contributed by atoms with Gasteiger partial charge in [-0.25, -0.2) is 0 Å². The van der Waals surface area contributed by atoms with Gasteiger partial charge in [0.2, 0.25) is 0 Å². The van der Waals surface area contributed by atoms with Crippen LogP contribution in [0.1, 0.15) is 11.1 Å². The Bertz CT molecular complexity index is 662. The zero-order valence-electron chi connectivity index (χ0n) is 10.7. The Hall–Kier alpha value is -1.59. The highest BCUT2D eigenvalue weighted by Gasteiger charge is 2.09. The lowest BCUT2D eigenvalue weighted by Gasteiger charge is -2.11. The highest BCUT2D eigenvalue weighted by atomic mass is 79.9. The third-order valence-electron chi connectivity index (χ3n) is 2.91. The van der Waals surface area contributed by atoms with Gasteiger partial charge in [-0.15, -0.1) is 0 Å². The molecule has 104 valence electrons. The Morgan fingerprint density at radius 2 is 2.05 bits per heavy atom. The monoisotopic (exact) mass is 354 g/mol. The first-order valence-corrected chi connectivity index (χ1v) is 7.07.